The number of benzene rings is 1. The molecule has 2 aliphatic heterocycles. The van der Waals surface area contributed by atoms with Gasteiger partial charge in [-0.25, -0.2) is 4.39 Å². The van der Waals surface area contributed by atoms with Crippen molar-refractivity contribution >= 4 is 23.6 Å². The lowest BCUT2D eigenvalue weighted by molar-refractivity contribution is -0.135. The molecule has 0 aromatic heterocycles. The van der Waals surface area contributed by atoms with E-state index in [0.29, 0.717) is 30.5 Å². The van der Waals surface area contributed by atoms with Gasteiger partial charge in [0, 0.05) is 31.0 Å². The molecule has 2 amide bonds. The summed E-state index contributed by atoms with van der Waals surface area (Å²) in [7, 11) is 0. The maximum absolute atomic E-state index is 15.1. The van der Waals surface area contributed by atoms with Crippen LogP contribution in [0, 0.1) is 11.0 Å². The molecule has 0 radical (unpaired) electrons. The lowest BCUT2D eigenvalue weighted by atomic mass is 9.87. The maximum Gasteiger partial charge on any atom is 0.315 e. The number of allylic oxidation sites excluding steroid dienone is 1. The Balaban J connectivity index is 1.79. The zero-order valence-corrected chi connectivity index (χ0v) is 16.2. The number of carbonyl (C=O) groups excluding carboxylic acids is 2. The van der Waals surface area contributed by atoms with Crippen molar-refractivity contribution in [1.29, 1.82) is 0 Å². The van der Waals surface area contributed by atoms with Crippen molar-refractivity contribution in [2.75, 3.05) is 24.6 Å². The Hall–Kier alpha value is -2.63. The van der Waals surface area contributed by atoms with Gasteiger partial charge in [0.15, 0.2) is 0 Å². The monoisotopic (exact) mass is 427 g/mol. The minimum absolute atomic E-state index is 0.0550. The molecule has 0 spiro atoms. The quantitative estimate of drug-likeness (QED) is 0.722. The first-order valence-corrected chi connectivity index (χ1v) is 9.50. The van der Waals surface area contributed by atoms with Gasteiger partial charge in [-0.05, 0) is 31.0 Å². The summed E-state index contributed by atoms with van der Waals surface area (Å²) in [6.07, 6.45) is 0.236. The fraction of sp³-hybridized carbons (Fsp3) is 0.474. The average molecular weight is 427 g/mol. The highest BCUT2D eigenvalue weighted by atomic mass is 19.3. The zero-order chi connectivity index (χ0) is 21.8. The summed E-state index contributed by atoms with van der Waals surface area (Å²) >= 11 is 0. The third-order valence-electron chi connectivity index (χ3n) is 4.98. The number of anilines is 1. The summed E-state index contributed by atoms with van der Waals surface area (Å²) in [6, 6.07) is 2.83. The molecular weight excluding hydrogens is 405 g/mol. The number of amides is 2. The molecule has 8 nitrogen and oxygen atoms in total. The molecule has 11 heteroatoms. The molecule has 2 aliphatic rings. The van der Waals surface area contributed by atoms with Gasteiger partial charge < -0.3 is 15.8 Å². The normalized spacial score (nSPS) is 22.7. The van der Waals surface area contributed by atoms with Crippen LogP contribution in [0.1, 0.15) is 36.8 Å². The summed E-state index contributed by atoms with van der Waals surface area (Å²) in [6.45, 7) is 1.76. The van der Waals surface area contributed by atoms with E-state index in [1.165, 1.54) is 6.07 Å². The molecule has 2 N–H and O–H groups in total. The first-order chi connectivity index (χ1) is 14.3. The third-order valence-corrected chi connectivity index (χ3v) is 4.98. The van der Waals surface area contributed by atoms with Crippen molar-refractivity contribution in [2.45, 2.75) is 38.2 Å². The summed E-state index contributed by atoms with van der Waals surface area (Å²) < 4.78 is 39.6. The molecule has 0 bridgehead atoms. The van der Waals surface area contributed by atoms with E-state index in [9.17, 15) is 23.6 Å². The number of hydrogen-bond donors (Lipinski definition) is 2. The van der Waals surface area contributed by atoms with Crippen LogP contribution in [0.4, 0.5) is 18.9 Å². The van der Waals surface area contributed by atoms with Gasteiger partial charge in [-0.2, -0.15) is 14.1 Å². The van der Waals surface area contributed by atoms with E-state index in [1.807, 2.05) is 5.32 Å². The number of hydrogen-bond acceptors (Lipinski definition) is 6. The minimum atomic E-state index is -3.17. The van der Waals surface area contributed by atoms with Crippen LogP contribution in [-0.2, 0) is 14.4 Å². The van der Waals surface area contributed by atoms with Crippen LogP contribution in [0.3, 0.4) is 0 Å². The van der Waals surface area contributed by atoms with Gasteiger partial charge >= 0.3 is 6.43 Å². The first-order valence-electron chi connectivity index (χ1n) is 9.50. The molecular formula is C19H22F3N4O4-. The molecule has 2 heterocycles. The molecule has 0 saturated carbocycles. The number of nitrogens with zero attached hydrogens (tertiary/aromatic N) is 2. The Morgan fingerprint density at radius 3 is 2.87 bits per heavy atom. The Kier molecular flexibility index (Phi) is 6.95. The largest absolute Gasteiger partial charge is 0.743 e. The maximum atomic E-state index is 15.1. The molecule has 1 aromatic carbocycles. The van der Waals surface area contributed by atoms with Gasteiger partial charge in [0.05, 0.1) is 12.2 Å². The fourth-order valence-corrected chi connectivity index (χ4v) is 3.57. The van der Waals surface area contributed by atoms with E-state index in [4.69, 9.17) is 4.84 Å². The standard InChI is InChI=1S/C19H22F3N4O4/c1-2-3-11-6-13(7-15(20)17(11)12-4-5-16(27)23-8-12)25-10-14(30-26(25)29)9-24-19(28)18(21)22/h2-3,6-7,12,14,18H,4-5,8-10H2,1H3,(H,23,27)(H,24,28)/q-1/b3-2+/t12?,14-/m0/s1. The highest BCUT2D eigenvalue weighted by molar-refractivity contribution is 5.79. The molecule has 0 aliphatic carbocycles. The third kappa shape index (κ3) is 4.91. The minimum Gasteiger partial charge on any atom is -0.743 e. The van der Waals surface area contributed by atoms with E-state index in [-0.39, 0.29) is 35.9 Å². The van der Waals surface area contributed by atoms with Crippen LogP contribution in [0.2, 0.25) is 0 Å². The number of hydrazine groups is 1. The molecule has 1 unspecified atom stereocenters. The van der Waals surface area contributed by atoms with Gasteiger partial charge in [-0.15, -0.1) is 0 Å². The van der Waals surface area contributed by atoms with E-state index >= 15 is 4.39 Å². The van der Waals surface area contributed by atoms with Crippen LogP contribution in [0.15, 0.2) is 18.2 Å². The van der Waals surface area contributed by atoms with Gasteiger partial charge in [0.1, 0.15) is 11.9 Å². The predicted octanol–water partition coefficient (Wildman–Crippen LogP) is 2.07. The highest BCUT2D eigenvalue weighted by Crippen LogP contribution is 2.34. The smallest absolute Gasteiger partial charge is 0.315 e. The summed E-state index contributed by atoms with van der Waals surface area (Å²) in [5.41, 5.74) is 1.24. The lowest BCUT2D eigenvalue weighted by Crippen LogP contribution is -2.37. The molecule has 2 fully saturated rings. The second-order valence-electron chi connectivity index (χ2n) is 7.06. The Morgan fingerprint density at radius 2 is 2.23 bits per heavy atom. The lowest BCUT2D eigenvalue weighted by Gasteiger charge is -2.33. The number of halogens is 3. The van der Waals surface area contributed by atoms with Gasteiger partial charge in [-0.3, -0.25) is 19.4 Å². The first kappa shape index (κ1) is 22.1. The van der Waals surface area contributed by atoms with Crippen LogP contribution in [0.25, 0.3) is 6.08 Å². The molecule has 1 aromatic rings. The summed E-state index contributed by atoms with van der Waals surface area (Å²) in [4.78, 5) is 27.4. The summed E-state index contributed by atoms with van der Waals surface area (Å²) in [5, 5.41) is 18.1. The second kappa shape index (κ2) is 9.45. The highest BCUT2D eigenvalue weighted by Gasteiger charge is 2.30. The number of carbonyl (C=O) groups is 2. The summed E-state index contributed by atoms with van der Waals surface area (Å²) in [5.74, 6) is -2.25. The SMILES string of the molecule is C/C=C/c1cc(N2C[C@H](CNC(=O)C(F)F)ON2[O-])cc(F)c1C1CCC(=O)NC1. The Bertz CT molecular complexity index is 826. The Morgan fingerprint density at radius 1 is 1.47 bits per heavy atom. The van der Waals surface area contributed by atoms with Crippen molar-refractivity contribution in [2.24, 2.45) is 0 Å². The number of rotatable bonds is 6. The van der Waals surface area contributed by atoms with Crippen LogP contribution in [0.5, 0.6) is 0 Å². The van der Waals surface area contributed by atoms with Gasteiger partial charge in [-0.1, -0.05) is 12.2 Å². The van der Waals surface area contributed by atoms with Crippen molar-refractivity contribution < 1.29 is 27.6 Å². The molecule has 30 heavy (non-hydrogen) atoms. The van der Waals surface area contributed by atoms with Crippen LogP contribution in [-0.4, -0.2) is 49.3 Å². The Labute approximate surface area is 171 Å². The number of alkyl halides is 2. The van der Waals surface area contributed by atoms with E-state index in [1.54, 1.807) is 25.1 Å². The van der Waals surface area contributed by atoms with Crippen molar-refractivity contribution in [3.8, 4) is 0 Å². The molecule has 3 rings (SSSR count). The van der Waals surface area contributed by atoms with Gasteiger partial charge in [0.2, 0.25) is 5.91 Å². The average Bonchev–Trinajstić information content (AvgIpc) is 3.07. The van der Waals surface area contributed by atoms with Gasteiger partial charge in [0.25, 0.3) is 5.91 Å². The number of piperidine rings is 1. The van der Waals surface area contributed by atoms with Crippen molar-refractivity contribution in [3.63, 3.8) is 0 Å². The number of nitrogens with one attached hydrogen (secondary N) is 2. The van der Waals surface area contributed by atoms with E-state index in [2.05, 4.69) is 5.32 Å². The van der Waals surface area contributed by atoms with E-state index in [0.717, 1.165) is 5.01 Å². The van der Waals surface area contributed by atoms with Crippen LogP contribution < -0.4 is 15.6 Å². The molecule has 164 valence electrons. The zero-order valence-electron chi connectivity index (χ0n) is 16.2. The molecule has 2 saturated heterocycles. The second-order valence-corrected chi connectivity index (χ2v) is 7.06. The van der Waals surface area contributed by atoms with Crippen LogP contribution >= 0.6 is 0 Å². The fourth-order valence-electron chi connectivity index (χ4n) is 3.57. The van der Waals surface area contributed by atoms with E-state index < -0.39 is 24.3 Å². The van der Waals surface area contributed by atoms with Crippen molar-refractivity contribution in [1.82, 2.24) is 16.0 Å². The molecule has 2 atom stereocenters. The topological polar surface area (TPSA) is 97.0 Å². The predicted molar refractivity (Wildman–Crippen MR) is 103 cm³/mol. The van der Waals surface area contributed by atoms with Crippen molar-refractivity contribution in [3.05, 3.63) is 40.4 Å².